The molecule has 5 heteroatoms. The maximum atomic E-state index is 6.08. The van der Waals surface area contributed by atoms with Crippen LogP contribution in [0.1, 0.15) is 24.8 Å². The molecule has 98 valence electrons. The van der Waals surface area contributed by atoms with E-state index in [4.69, 9.17) is 23.8 Å². The summed E-state index contributed by atoms with van der Waals surface area (Å²) in [7, 11) is 0. The lowest BCUT2D eigenvalue weighted by atomic mass is 10.2. The number of halogens is 1. The van der Waals surface area contributed by atoms with Gasteiger partial charge in [-0.3, -0.25) is 5.43 Å². The molecule has 1 aromatic rings. The van der Waals surface area contributed by atoms with Crippen LogP contribution in [0.5, 0.6) is 0 Å². The summed E-state index contributed by atoms with van der Waals surface area (Å²) in [5, 5.41) is 6.74. The first-order valence-electron chi connectivity index (χ1n) is 6.24. The van der Waals surface area contributed by atoms with Gasteiger partial charge in [0.2, 0.25) is 0 Å². The molecule has 0 bridgehead atoms. The Kier molecular flexibility index (Phi) is 4.80. The highest BCUT2D eigenvalue weighted by Crippen LogP contribution is 2.22. The molecule has 1 fully saturated rings. The molecule has 1 heterocycles. The van der Waals surface area contributed by atoms with Crippen LogP contribution in [0.3, 0.4) is 0 Å². The molecule has 0 amide bonds. The summed E-state index contributed by atoms with van der Waals surface area (Å²) in [4.78, 5) is 0. The molecule has 0 radical (unpaired) electrons. The van der Waals surface area contributed by atoms with E-state index in [1.807, 2.05) is 25.1 Å². The van der Waals surface area contributed by atoms with Crippen LogP contribution < -0.4 is 10.7 Å². The van der Waals surface area contributed by atoms with E-state index in [9.17, 15) is 0 Å². The highest BCUT2D eigenvalue weighted by Gasteiger charge is 2.11. The summed E-state index contributed by atoms with van der Waals surface area (Å²) in [6.07, 6.45) is 3.77. The number of nitrogens with one attached hydrogen (secondary N) is 2. The Labute approximate surface area is 118 Å². The fourth-order valence-electron chi connectivity index (χ4n) is 2.04. The van der Waals surface area contributed by atoms with E-state index in [0.717, 1.165) is 29.4 Å². The maximum absolute atomic E-state index is 6.08. The van der Waals surface area contributed by atoms with E-state index >= 15 is 0 Å². The van der Waals surface area contributed by atoms with Crippen LogP contribution in [0.25, 0.3) is 0 Å². The Morgan fingerprint density at radius 1 is 1.28 bits per heavy atom. The molecular formula is C13H18ClN3S. The second-order valence-electron chi connectivity index (χ2n) is 4.53. The average molecular weight is 284 g/mol. The summed E-state index contributed by atoms with van der Waals surface area (Å²) in [6, 6.07) is 5.77. The molecule has 0 saturated carbocycles. The molecule has 2 rings (SSSR count). The third kappa shape index (κ3) is 3.57. The molecule has 0 unspecified atom stereocenters. The summed E-state index contributed by atoms with van der Waals surface area (Å²) in [5.74, 6) is 0. The zero-order valence-corrected chi connectivity index (χ0v) is 12.1. The molecule has 18 heavy (non-hydrogen) atoms. The lowest BCUT2D eigenvalue weighted by Crippen LogP contribution is -2.46. The van der Waals surface area contributed by atoms with Crippen molar-refractivity contribution in [2.75, 3.05) is 18.4 Å². The summed E-state index contributed by atoms with van der Waals surface area (Å²) >= 11 is 11.4. The van der Waals surface area contributed by atoms with Crippen LogP contribution in [0.15, 0.2) is 18.2 Å². The van der Waals surface area contributed by atoms with Crippen LogP contribution in [-0.4, -0.2) is 23.2 Å². The van der Waals surface area contributed by atoms with Gasteiger partial charge in [-0.1, -0.05) is 24.1 Å². The molecule has 0 aromatic heterocycles. The first-order chi connectivity index (χ1) is 8.66. The van der Waals surface area contributed by atoms with Crippen LogP contribution in [0, 0.1) is 6.92 Å². The van der Waals surface area contributed by atoms with E-state index in [0.29, 0.717) is 5.11 Å². The second-order valence-corrected chi connectivity index (χ2v) is 5.34. The minimum absolute atomic E-state index is 0.627. The van der Waals surface area contributed by atoms with Crippen molar-refractivity contribution in [3.8, 4) is 0 Å². The van der Waals surface area contributed by atoms with Gasteiger partial charge in [-0.25, -0.2) is 5.01 Å². The Morgan fingerprint density at radius 2 is 2.00 bits per heavy atom. The van der Waals surface area contributed by atoms with Gasteiger partial charge in [0.25, 0.3) is 0 Å². The van der Waals surface area contributed by atoms with Crippen molar-refractivity contribution in [1.82, 2.24) is 10.4 Å². The number of benzene rings is 1. The first kappa shape index (κ1) is 13.6. The highest BCUT2D eigenvalue weighted by molar-refractivity contribution is 7.80. The summed E-state index contributed by atoms with van der Waals surface area (Å²) < 4.78 is 0. The van der Waals surface area contributed by atoms with Crippen molar-refractivity contribution in [2.45, 2.75) is 26.2 Å². The normalized spacial score (nSPS) is 16.3. The van der Waals surface area contributed by atoms with Gasteiger partial charge in [-0.15, -0.1) is 0 Å². The topological polar surface area (TPSA) is 27.3 Å². The lowest BCUT2D eigenvalue weighted by Gasteiger charge is -2.28. The van der Waals surface area contributed by atoms with E-state index in [2.05, 4.69) is 15.8 Å². The zero-order chi connectivity index (χ0) is 13.0. The Morgan fingerprint density at radius 3 is 2.72 bits per heavy atom. The van der Waals surface area contributed by atoms with Crippen molar-refractivity contribution < 1.29 is 0 Å². The van der Waals surface area contributed by atoms with Gasteiger partial charge in [-0.2, -0.15) is 0 Å². The number of nitrogens with zero attached hydrogens (tertiary/aromatic N) is 1. The number of anilines is 1. The van der Waals surface area contributed by atoms with Crippen molar-refractivity contribution in [2.24, 2.45) is 0 Å². The zero-order valence-electron chi connectivity index (χ0n) is 10.5. The second kappa shape index (κ2) is 6.36. The molecule has 1 aliphatic heterocycles. The molecule has 1 aromatic carbocycles. The van der Waals surface area contributed by atoms with Crippen LogP contribution in [0.4, 0.5) is 5.69 Å². The molecule has 0 spiro atoms. The third-order valence-electron chi connectivity index (χ3n) is 3.13. The van der Waals surface area contributed by atoms with Crippen molar-refractivity contribution in [3.05, 3.63) is 28.8 Å². The van der Waals surface area contributed by atoms with Crippen molar-refractivity contribution >= 4 is 34.6 Å². The average Bonchev–Trinajstić information content (AvgIpc) is 2.36. The quantitative estimate of drug-likeness (QED) is 0.814. The van der Waals surface area contributed by atoms with E-state index < -0.39 is 0 Å². The van der Waals surface area contributed by atoms with E-state index in [-0.39, 0.29) is 0 Å². The molecule has 2 N–H and O–H groups in total. The minimum atomic E-state index is 0.627. The van der Waals surface area contributed by atoms with Gasteiger partial charge in [0.15, 0.2) is 5.11 Å². The molecule has 1 saturated heterocycles. The predicted octanol–water partition coefficient (Wildman–Crippen LogP) is 3.34. The minimum Gasteiger partial charge on any atom is -0.331 e. The van der Waals surface area contributed by atoms with E-state index in [1.54, 1.807) is 0 Å². The van der Waals surface area contributed by atoms with Crippen LogP contribution in [-0.2, 0) is 0 Å². The predicted molar refractivity (Wildman–Crippen MR) is 81.0 cm³/mol. The lowest BCUT2D eigenvalue weighted by molar-refractivity contribution is 0.196. The first-order valence-corrected chi connectivity index (χ1v) is 7.03. The standard InChI is InChI=1S/C13H18ClN3S/c1-10-11(14)6-5-7-12(10)15-13(18)16-17-8-3-2-4-9-17/h5-7H,2-4,8-9H2,1H3,(H2,15,16,18). The van der Waals surface area contributed by atoms with Crippen LogP contribution in [0.2, 0.25) is 5.02 Å². The maximum Gasteiger partial charge on any atom is 0.185 e. The third-order valence-corrected chi connectivity index (χ3v) is 3.73. The van der Waals surface area contributed by atoms with Gasteiger partial charge in [0, 0.05) is 23.8 Å². The molecule has 0 aliphatic carbocycles. The monoisotopic (exact) mass is 283 g/mol. The Hall–Kier alpha value is -0.840. The number of hydrogen-bond donors (Lipinski definition) is 2. The Balaban J connectivity index is 1.92. The molecule has 1 aliphatic rings. The SMILES string of the molecule is Cc1c(Cl)cccc1NC(=S)NN1CCCCC1. The van der Waals surface area contributed by atoms with Crippen molar-refractivity contribution in [1.29, 1.82) is 0 Å². The molecule has 3 nitrogen and oxygen atoms in total. The largest absolute Gasteiger partial charge is 0.331 e. The fraction of sp³-hybridized carbons (Fsp3) is 0.462. The van der Waals surface area contributed by atoms with E-state index in [1.165, 1.54) is 19.3 Å². The van der Waals surface area contributed by atoms with Gasteiger partial charge in [-0.05, 0) is 49.7 Å². The number of piperidine rings is 1. The van der Waals surface area contributed by atoms with Crippen LogP contribution >= 0.6 is 23.8 Å². The fourth-order valence-corrected chi connectivity index (χ4v) is 2.46. The number of hydrogen-bond acceptors (Lipinski definition) is 2. The number of hydrazine groups is 1. The van der Waals surface area contributed by atoms with Crippen molar-refractivity contribution in [3.63, 3.8) is 0 Å². The molecule has 0 atom stereocenters. The molecular weight excluding hydrogens is 266 g/mol. The van der Waals surface area contributed by atoms with Gasteiger partial charge in [0.1, 0.15) is 0 Å². The highest BCUT2D eigenvalue weighted by atomic mass is 35.5. The number of thiocarbonyl (C=S) groups is 1. The summed E-state index contributed by atoms with van der Waals surface area (Å²) in [6.45, 7) is 4.08. The van der Waals surface area contributed by atoms with Gasteiger partial charge < -0.3 is 5.32 Å². The van der Waals surface area contributed by atoms with Gasteiger partial charge >= 0.3 is 0 Å². The summed E-state index contributed by atoms with van der Waals surface area (Å²) in [5.41, 5.74) is 5.20. The van der Waals surface area contributed by atoms with Gasteiger partial charge in [0.05, 0.1) is 0 Å². The number of rotatable bonds is 2. The Bertz CT molecular complexity index is 430. The smallest absolute Gasteiger partial charge is 0.185 e.